The summed E-state index contributed by atoms with van der Waals surface area (Å²) in [6.07, 6.45) is 0.565. The zero-order valence-electron chi connectivity index (χ0n) is 11.9. The maximum absolute atomic E-state index is 9.75. The number of nitrogens with one attached hydrogen (secondary N) is 1. The van der Waals surface area contributed by atoms with E-state index in [9.17, 15) is 5.11 Å². The number of anilines is 1. The predicted octanol–water partition coefficient (Wildman–Crippen LogP) is 2.48. The SMILES string of the molecule is Cc1cc(NC2CC(O)C2(C)C)nc(C(C)C)n1. The topological polar surface area (TPSA) is 58.0 Å². The molecule has 4 heteroatoms. The largest absolute Gasteiger partial charge is 0.392 e. The van der Waals surface area contributed by atoms with Gasteiger partial charge in [-0.25, -0.2) is 9.97 Å². The van der Waals surface area contributed by atoms with E-state index in [1.807, 2.05) is 13.0 Å². The first-order valence-corrected chi connectivity index (χ1v) is 6.61. The first kappa shape index (κ1) is 13.3. The Hall–Kier alpha value is -1.16. The molecule has 0 bridgehead atoms. The fourth-order valence-corrected chi connectivity index (χ4v) is 2.25. The smallest absolute Gasteiger partial charge is 0.133 e. The van der Waals surface area contributed by atoms with Gasteiger partial charge in [0.1, 0.15) is 11.6 Å². The Morgan fingerprint density at radius 1 is 1.39 bits per heavy atom. The number of hydrogen-bond acceptors (Lipinski definition) is 4. The van der Waals surface area contributed by atoms with Crippen LogP contribution in [0.5, 0.6) is 0 Å². The molecule has 1 aliphatic carbocycles. The molecule has 1 heterocycles. The number of rotatable bonds is 3. The molecule has 0 aromatic carbocycles. The summed E-state index contributed by atoms with van der Waals surface area (Å²) in [6, 6.07) is 2.24. The number of aryl methyl sites for hydroxylation is 1. The second kappa shape index (κ2) is 4.50. The van der Waals surface area contributed by atoms with E-state index in [1.165, 1.54) is 0 Å². The predicted molar refractivity (Wildman–Crippen MR) is 72.7 cm³/mol. The molecule has 2 unspecified atom stereocenters. The zero-order chi connectivity index (χ0) is 13.5. The lowest BCUT2D eigenvalue weighted by atomic mass is 9.64. The fourth-order valence-electron chi connectivity index (χ4n) is 2.25. The van der Waals surface area contributed by atoms with Gasteiger partial charge in [-0.15, -0.1) is 0 Å². The van der Waals surface area contributed by atoms with Crippen molar-refractivity contribution in [2.24, 2.45) is 5.41 Å². The van der Waals surface area contributed by atoms with Gasteiger partial charge < -0.3 is 10.4 Å². The summed E-state index contributed by atoms with van der Waals surface area (Å²) in [5.41, 5.74) is 0.894. The molecule has 1 aromatic heterocycles. The van der Waals surface area contributed by atoms with E-state index in [0.29, 0.717) is 5.92 Å². The third-order valence-corrected chi connectivity index (χ3v) is 3.93. The number of aliphatic hydroxyl groups excluding tert-OH is 1. The Bertz CT molecular complexity index is 443. The highest BCUT2D eigenvalue weighted by molar-refractivity contribution is 5.39. The second-order valence-corrected chi connectivity index (χ2v) is 6.18. The van der Waals surface area contributed by atoms with Crippen molar-refractivity contribution in [3.8, 4) is 0 Å². The summed E-state index contributed by atoms with van der Waals surface area (Å²) in [4.78, 5) is 8.98. The van der Waals surface area contributed by atoms with Gasteiger partial charge in [0.2, 0.25) is 0 Å². The molecule has 0 saturated heterocycles. The van der Waals surface area contributed by atoms with Crippen LogP contribution in [0.1, 0.15) is 51.6 Å². The van der Waals surface area contributed by atoms with E-state index in [2.05, 4.69) is 43.0 Å². The Morgan fingerprint density at radius 3 is 2.56 bits per heavy atom. The average Bonchev–Trinajstić information content (AvgIpc) is 2.28. The Balaban J connectivity index is 2.15. The molecule has 0 aliphatic heterocycles. The third-order valence-electron chi connectivity index (χ3n) is 3.93. The highest BCUT2D eigenvalue weighted by Crippen LogP contribution is 2.42. The molecule has 0 amide bonds. The molecule has 1 fully saturated rings. The molecule has 2 atom stereocenters. The van der Waals surface area contributed by atoms with E-state index in [0.717, 1.165) is 23.8 Å². The van der Waals surface area contributed by atoms with Crippen LogP contribution in [0.2, 0.25) is 0 Å². The third kappa shape index (κ3) is 2.34. The standard InChI is InChI=1S/C14H23N3O/c1-8(2)13-15-9(3)6-12(17-13)16-10-7-11(18)14(10,4)5/h6,8,10-11,18H,7H2,1-5H3,(H,15,16,17). The monoisotopic (exact) mass is 249 g/mol. The Labute approximate surface area is 109 Å². The fraction of sp³-hybridized carbons (Fsp3) is 0.714. The van der Waals surface area contributed by atoms with Gasteiger partial charge in [0.15, 0.2) is 0 Å². The zero-order valence-corrected chi connectivity index (χ0v) is 11.9. The Morgan fingerprint density at radius 2 is 2.06 bits per heavy atom. The van der Waals surface area contributed by atoms with Gasteiger partial charge in [-0.3, -0.25) is 0 Å². The van der Waals surface area contributed by atoms with Crippen LogP contribution in [-0.2, 0) is 0 Å². The van der Waals surface area contributed by atoms with Crippen LogP contribution in [0.15, 0.2) is 6.07 Å². The van der Waals surface area contributed by atoms with Crippen LogP contribution in [0.3, 0.4) is 0 Å². The van der Waals surface area contributed by atoms with Crippen LogP contribution in [-0.4, -0.2) is 27.2 Å². The molecule has 18 heavy (non-hydrogen) atoms. The van der Waals surface area contributed by atoms with E-state index in [-0.39, 0.29) is 17.6 Å². The van der Waals surface area contributed by atoms with E-state index in [4.69, 9.17) is 0 Å². The number of hydrogen-bond donors (Lipinski definition) is 2. The minimum absolute atomic E-state index is 0.0865. The van der Waals surface area contributed by atoms with Crippen molar-refractivity contribution in [1.29, 1.82) is 0 Å². The van der Waals surface area contributed by atoms with Crippen molar-refractivity contribution < 1.29 is 5.11 Å². The minimum atomic E-state index is -0.220. The highest BCUT2D eigenvalue weighted by atomic mass is 16.3. The molecule has 0 radical (unpaired) electrons. The van der Waals surface area contributed by atoms with Crippen molar-refractivity contribution >= 4 is 5.82 Å². The van der Waals surface area contributed by atoms with Crippen molar-refractivity contribution in [3.05, 3.63) is 17.6 Å². The number of aliphatic hydroxyl groups is 1. The first-order valence-electron chi connectivity index (χ1n) is 6.61. The van der Waals surface area contributed by atoms with Crippen LogP contribution in [0, 0.1) is 12.3 Å². The van der Waals surface area contributed by atoms with Gasteiger partial charge >= 0.3 is 0 Å². The highest BCUT2D eigenvalue weighted by Gasteiger charge is 2.47. The molecule has 4 nitrogen and oxygen atoms in total. The van der Waals surface area contributed by atoms with Crippen LogP contribution >= 0.6 is 0 Å². The second-order valence-electron chi connectivity index (χ2n) is 6.18. The lowest BCUT2D eigenvalue weighted by molar-refractivity contribution is -0.0511. The van der Waals surface area contributed by atoms with Gasteiger partial charge in [-0.2, -0.15) is 0 Å². The first-order chi connectivity index (χ1) is 8.30. The van der Waals surface area contributed by atoms with Gasteiger partial charge in [0.05, 0.1) is 6.10 Å². The number of aromatic nitrogens is 2. The normalized spacial score (nSPS) is 25.9. The molecule has 1 saturated carbocycles. The van der Waals surface area contributed by atoms with Gasteiger partial charge in [-0.1, -0.05) is 27.7 Å². The van der Waals surface area contributed by atoms with Crippen molar-refractivity contribution in [1.82, 2.24) is 9.97 Å². The summed E-state index contributed by atoms with van der Waals surface area (Å²) in [7, 11) is 0. The molecule has 1 aliphatic rings. The summed E-state index contributed by atoms with van der Waals surface area (Å²) in [5.74, 6) is 2.07. The van der Waals surface area contributed by atoms with Crippen molar-refractivity contribution in [3.63, 3.8) is 0 Å². The molecule has 2 N–H and O–H groups in total. The molecule has 0 spiro atoms. The van der Waals surface area contributed by atoms with E-state index < -0.39 is 0 Å². The van der Waals surface area contributed by atoms with Crippen molar-refractivity contribution in [2.75, 3.05) is 5.32 Å². The molecule has 2 rings (SSSR count). The summed E-state index contributed by atoms with van der Waals surface area (Å²) >= 11 is 0. The average molecular weight is 249 g/mol. The van der Waals surface area contributed by atoms with Crippen molar-refractivity contribution in [2.45, 2.75) is 59.1 Å². The lowest BCUT2D eigenvalue weighted by Crippen LogP contribution is -2.57. The summed E-state index contributed by atoms with van der Waals surface area (Å²) < 4.78 is 0. The minimum Gasteiger partial charge on any atom is -0.392 e. The maximum atomic E-state index is 9.75. The van der Waals surface area contributed by atoms with Crippen LogP contribution < -0.4 is 5.32 Å². The van der Waals surface area contributed by atoms with Gasteiger partial charge in [0.25, 0.3) is 0 Å². The van der Waals surface area contributed by atoms with Crippen LogP contribution in [0.25, 0.3) is 0 Å². The molecular weight excluding hydrogens is 226 g/mol. The molecule has 1 aromatic rings. The quantitative estimate of drug-likeness (QED) is 0.864. The lowest BCUT2D eigenvalue weighted by Gasteiger charge is -2.49. The number of nitrogens with zero attached hydrogens (tertiary/aromatic N) is 2. The van der Waals surface area contributed by atoms with Gasteiger partial charge in [0, 0.05) is 29.1 Å². The van der Waals surface area contributed by atoms with E-state index >= 15 is 0 Å². The molecular formula is C14H23N3O. The summed E-state index contributed by atoms with van der Waals surface area (Å²) in [5, 5.41) is 13.2. The summed E-state index contributed by atoms with van der Waals surface area (Å²) in [6.45, 7) is 10.3. The van der Waals surface area contributed by atoms with Crippen LogP contribution in [0.4, 0.5) is 5.82 Å². The van der Waals surface area contributed by atoms with Gasteiger partial charge in [-0.05, 0) is 13.3 Å². The molecule has 100 valence electrons. The van der Waals surface area contributed by atoms with E-state index in [1.54, 1.807) is 0 Å². The Kier molecular flexibility index (Phi) is 3.32. The maximum Gasteiger partial charge on any atom is 0.133 e.